The van der Waals surface area contributed by atoms with Gasteiger partial charge >= 0.3 is 0 Å². The van der Waals surface area contributed by atoms with Crippen LogP contribution in [0.4, 0.5) is 0 Å². The minimum atomic E-state index is -0.887. The molecule has 0 spiro atoms. The van der Waals surface area contributed by atoms with E-state index in [4.69, 9.17) is 11.6 Å². The van der Waals surface area contributed by atoms with Crippen molar-refractivity contribution in [3.8, 4) is 0 Å². The Morgan fingerprint density at radius 3 is 2.32 bits per heavy atom. The predicted molar refractivity (Wildman–Crippen MR) is 105 cm³/mol. The number of carbonyl (C=O) groups excluding carboxylic acids is 3. The van der Waals surface area contributed by atoms with Crippen LogP contribution in [0.5, 0.6) is 0 Å². The van der Waals surface area contributed by atoms with Gasteiger partial charge in [-0.25, -0.2) is 0 Å². The third-order valence-electron chi connectivity index (χ3n) is 5.21. The van der Waals surface area contributed by atoms with Crippen molar-refractivity contribution in [2.24, 2.45) is 11.3 Å². The molecule has 1 aromatic carbocycles. The van der Waals surface area contributed by atoms with Crippen LogP contribution in [0.15, 0.2) is 48.7 Å². The number of ketones is 3. The molecule has 1 heterocycles. The number of halogens is 1. The first kappa shape index (κ1) is 20.2. The van der Waals surface area contributed by atoms with Crippen LogP contribution in [0.2, 0.25) is 5.02 Å². The maximum absolute atomic E-state index is 12.9. The van der Waals surface area contributed by atoms with Crippen molar-refractivity contribution in [3.05, 3.63) is 70.1 Å². The van der Waals surface area contributed by atoms with Crippen molar-refractivity contribution < 1.29 is 19.1 Å². The molecule has 0 aliphatic heterocycles. The molecule has 1 atom stereocenters. The van der Waals surface area contributed by atoms with Crippen molar-refractivity contribution in [1.29, 1.82) is 0 Å². The summed E-state index contributed by atoms with van der Waals surface area (Å²) in [5.41, 5.74) is 0.312. The van der Waals surface area contributed by atoms with E-state index in [1.165, 1.54) is 18.3 Å². The number of pyridine rings is 1. The van der Waals surface area contributed by atoms with Gasteiger partial charge in [-0.1, -0.05) is 37.6 Å². The minimum absolute atomic E-state index is 0.00231. The second-order valence-corrected chi connectivity index (χ2v) is 8.56. The highest BCUT2D eigenvalue weighted by atomic mass is 35.5. The molecule has 28 heavy (non-hydrogen) atoms. The molecule has 1 aliphatic carbocycles. The molecule has 0 saturated heterocycles. The first-order valence-corrected chi connectivity index (χ1v) is 9.58. The van der Waals surface area contributed by atoms with E-state index >= 15 is 0 Å². The largest absolute Gasteiger partial charge is 0.618 e. The quantitative estimate of drug-likeness (QED) is 0.330. The Morgan fingerprint density at radius 2 is 1.75 bits per heavy atom. The topological polar surface area (TPSA) is 78.2 Å². The van der Waals surface area contributed by atoms with E-state index in [1.807, 2.05) is 13.8 Å². The fraction of sp³-hybridized carbons (Fsp3) is 0.364. The molecule has 146 valence electrons. The number of benzene rings is 1. The highest BCUT2D eigenvalue weighted by molar-refractivity contribution is 6.30. The average molecular weight is 400 g/mol. The summed E-state index contributed by atoms with van der Waals surface area (Å²) in [5, 5.41) is 12.5. The van der Waals surface area contributed by atoms with Crippen molar-refractivity contribution in [2.75, 3.05) is 0 Å². The Morgan fingerprint density at radius 1 is 1.14 bits per heavy atom. The number of carbonyl (C=O) groups is 3. The number of hydrogen-bond donors (Lipinski definition) is 0. The molecule has 6 heteroatoms. The zero-order valence-corrected chi connectivity index (χ0v) is 16.6. The summed E-state index contributed by atoms with van der Waals surface area (Å²) in [6.45, 7) is 3.79. The van der Waals surface area contributed by atoms with E-state index in [0.29, 0.717) is 15.3 Å². The molecular formula is C22H22ClNO4. The molecule has 2 aromatic rings. The van der Waals surface area contributed by atoms with Crippen LogP contribution in [0, 0.1) is 16.5 Å². The van der Waals surface area contributed by atoms with E-state index in [2.05, 4.69) is 0 Å². The van der Waals surface area contributed by atoms with E-state index in [-0.39, 0.29) is 41.9 Å². The van der Waals surface area contributed by atoms with Gasteiger partial charge in [-0.2, -0.15) is 4.73 Å². The van der Waals surface area contributed by atoms with E-state index < -0.39 is 17.6 Å². The molecule has 0 bridgehead atoms. The second-order valence-electron chi connectivity index (χ2n) is 8.13. The van der Waals surface area contributed by atoms with Gasteiger partial charge in [0.15, 0.2) is 6.20 Å². The van der Waals surface area contributed by atoms with Gasteiger partial charge in [0.2, 0.25) is 5.78 Å². The lowest BCUT2D eigenvalue weighted by Gasteiger charge is -2.35. The minimum Gasteiger partial charge on any atom is -0.618 e. The van der Waals surface area contributed by atoms with Crippen molar-refractivity contribution in [1.82, 2.24) is 0 Å². The number of hydrogen-bond acceptors (Lipinski definition) is 4. The monoisotopic (exact) mass is 399 g/mol. The normalized spacial score (nSPS) is 18.1. The SMILES string of the molecule is CC1(C)CC(=O)C([C@H](CC(=O)c2cccc[n+]2[O-])c2ccc(Cl)cc2)C(=O)C1. The van der Waals surface area contributed by atoms with Gasteiger partial charge in [-0.05, 0) is 29.2 Å². The summed E-state index contributed by atoms with van der Waals surface area (Å²) in [4.78, 5) is 38.6. The Hall–Kier alpha value is -2.53. The molecule has 0 unspecified atom stereocenters. The number of rotatable bonds is 5. The summed E-state index contributed by atoms with van der Waals surface area (Å²) < 4.78 is 0.509. The highest BCUT2D eigenvalue weighted by Gasteiger charge is 2.44. The third kappa shape index (κ3) is 4.30. The third-order valence-corrected chi connectivity index (χ3v) is 5.47. The number of nitrogens with zero attached hydrogens (tertiary/aromatic N) is 1. The molecule has 1 fully saturated rings. The Bertz CT molecular complexity index is 900. The Kier molecular flexibility index (Phi) is 5.66. The molecule has 1 aliphatic rings. The zero-order valence-electron chi connectivity index (χ0n) is 15.9. The standard InChI is InChI=1S/C22H22ClNO4/c1-22(2)12-19(26)21(20(27)13-22)16(14-6-8-15(23)9-7-14)11-18(25)17-5-3-4-10-24(17)28/h3-10,16,21H,11-13H2,1-2H3/t16-/m1/s1. The number of Topliss-reactive ketones (excluding diaryl/α,β-unsaturated/α-hetero) is 3. The van der Waals surface area contributed by atoms with Crippen LogP contribution >= 0.6 is 11.6 Å². The highest BCUT2D eigenvalue weighted by Crippen LogP contribution is 2.41. The van der Waals surface area contributed by atoms with Gasteiger partial charge in [0.05, 0.1) is 5.92 Å². The van der Waals surface area contributed by atoms with Gasteiger partial charge in [0.1, 0.15) is 11.6 Å². The lowest BCUT2D eigenvalue weighted by Crippen LogP contribution is -2.42. The molecule has 1 aromatic heterocycles. The molecule has 5 nitrogen and oxygen atoms in total. The Balaban J connectivity index is 1.97. The van der Waals surface area contributed by atoms with Crippen molar-refractivity contribution >= 4 is 29.0 Å². The molecule has 0 radical (unpaired) electrons. The van der Waals surface area contributed by atoms with Crippen LogP contribution in [-0.2, 0) is 9.59 Å². The van der Waals surface area contributed by atoms with Gasteiger partial charge in [0, 0.05) is 42.3 Å². The van der Waals surface area contributed by atoms with Crippen molar-refractivity contribution in [3.63, 3.8) is 0 Å². The summed E-state index contributed by atoms with van der Waals surface area (Å²) in [6.07, 6.45) is 1.73. The summed E-state index contributed by atoms with van der Waals surface area (Å²) in [7, 11) is 0. The first-order valence-electron chi connectivity index (χ1n) is 9.20. The van der Waals surface area contributed by atoms with Gasteiger partial charge in [0.25, 0.3) is 5.69 Å². The number of aromatic nitrogens is 1. The fourth-order valence-electron chi connectivity index (χ4n) is 3.94. The molecule has 0 amide bonds. The van der Waals surface area contributed by atoms with Crippen LogP contribution in [0.25, 0.3) is 0 Å². The van der Waals surface area contributed by atoms with E-state index in [0.717, 1.165) is 0 Å². The van der Waals surface area contributed by atoms with E-state index in [9.17, 15) is 19.6 Å². The molecule has 0 N–H and O–H groups in total. The van der Waals surface area contributed by atoms with Crippen LogP contribution < -0.4 is 4.73 Å². The van der Waals surface area contributed by atoms with Gasteiger partial charge in [-0.3, -0.25) is 14.4 Å². The molecule has 1 saturated carbocycles. The van der Waals surface area contributed by atoms with Crippen LogP contribution in [-0.4, -0.2) is 17.3 Å². The Labute approximate surface area is 168 Å². The maximum Gasteiger partial charge on any atom is 0.259 e. The van der Waals surface area contributed by atoms with Gasteiger partial charge in [-0.15, -0.1) is 0 Å². The van der Waals surface area contributed by atoms with Gasteiger partial charge < -0.3 is 5.21 Å². The molecular weight excluding hydrogens is 378 g/mol. The van der Waals surface area contributed by atoms with E-state index in [1.54, 1.807) is 30.3 Å². The lowest BCUT2D eigenvalue weighted by atomic mass is 9.65. The maximum atomic E-state index is 12.9. The first-order chi connectivity index (χ1) is 13.2. The van der Waals surface area contributed by atoms with Crippen molar-refractivity contribution in [2.45, 2.75) is 39.0 Å². The van der Waals surface area contributed by atoms with Crippen LogP contribution in [0.3, 0.4) is 0 Å². The predicted octanol–water partition coefficient (Wildman–Crippen LogP) is 3.90. The smallest absolute Gasteiger partial charge is 0.259 e. The molecule has 3 rings (SSSR count). The second kappa shape index (κ2) is 7.84. The zero-order chi connectivity index (χ0) is 20.5. The summed E-state index contributed by atoms with van der Waals surface area (Å²) >= 11 is 5.97. The fourth-order valence-corrected chi connectivity index (χ4v) is 4.07. The van der Waals surface area contributed by atoms with Crippen LogP contribution in [0.1, 0.15) is 55.1 Å². The summed E-state index contributed by atoms with van der Waals surface area (Å²) in [6, 6.07) is 11.4. The summed E-state index contributed by atoms with van der Waals surface area (Å²) in [5.74, 6) is -2.22. The average Bonchev–Trinajstić information content (AvgIpc) is 2.60. The lowest BCUT2D eigenvalue weighted by molar-refractivity contribution is -0.607.